The Morgan fingerprint density at radius 3 is 2.07 bits per heavy atom. The van der Waals surface area contributed by atoms with Crippen LogP contribution in [0.1, 0.15) is 26.3 Å². The Kier molecular flexibility index (Phi) is 3.74. The second kappa shape index (κ2) is 4.50. The summed E-state index contributed by atoms with van der Waals surface area (Å²) in [6, 6.07) is 10.4. The van der Waals surface area contributed by atoms with Gasteiger partial charge in [0.2, 0.25) is 0 Å². The fourth-order valence-corrected chi connectivity index (χ4v) is 2.02. The minimum absolute atomic E-state index is 0.293. The average molecular weight is 209 g/mol. The summed E-state index contributed by atoms with van der Waals surface area (Å²) >= 11 is 0. The van der Waals surface area contributed by atoms with Gasteiger partial charge in [0.05, 0.1) is 6.61 Å². The van der Waals surface area contributed by atoms with E-state index < -0.39 is 8.32 Å². The van der Waals surface area contributed by atoms with E-state index in [9.17, 15) is 0 Å². The van der Waals surface area contributed by atoms with Crippen LogP contribution >= 0.6 is 0 Å². The Balaban J connectivity index is 2.58. The van der Waals surface area contributed by atoms with Gasteiger partial charge in [-0.3, -0.25) is 0 Å². The number of rotatable bonds is 3. The highest BCUT2D eigenvalue weighted by Gasteiger charge is 2.36. The van der Waals surface area contributed by atoms with Crippen molar-refractivity contribution in [1.29, 1.82) is 0 Å². The van der Waals surface area contributed by atoms with Gasteiger partial charge in [0, 0.05) is 0 Å². The lowest BCUT2D eigenvalue weighted by molar-refractivity contribution is 0.276. The number of hydrogen-bond donors (Lipinski definition) is 0. The molecule has 0 radical (unpaired) electrons. The monoisotopic (exact) mass is 209 g/mol. The van der Waals surface area contributed by atoms with Crippen LogP contribution in [0.3, 0.4) is 0 Å². The van der Waals surface area contributed by atoms with E-state index in [2.05, 4.69) is 58.1 Å². The zero-order valence-corrected chi connectivity index (χ0v) is 11.5. The normalized spacial score (nSPS) is 12.9. The number of hydrogen-bond acceptors (Lipinski definition) is 1. The standard InChI is InChI=1S/C13H22OSi/c1-13(2,3)15(4,5)14-11-12-9-7-6-8-10-12/h6-10H,11H2,1-5H3/i14-13. The molecule has 0 aliphatic rings. The second-order valence-corrected chi connectivity index (χ2v) is 10.3. The van der Waals surface area contributed by atoms with Gasteiger partial charge in [0.25, 0.3) is 0 Å². The summed E-state index contributed by atoms with van der Waals surface area (Å²) in [7, 11) is -1.59. The van der Waals surface area contributed by atoms with E-state index >= 15 is 0 Å². The maximum atomic E-state index is 6.12. The van der Waals surface area contributed by atoms with Crippen molar-refractivity contribution in [2.75, 3.05) is 0 Å². The van der Waals surface area contributed by atoms with Gasteiger partial charge >= 0.3 is 0 Å². The van der Waals surface area contributed by atoms with Crippen molar-refractivity contribution in [1.82, 2.24) is 0 Å². The molecule has 0 N–H and O–H groups in total. The largest absolute Gasteiger partial charge is 0.413 e. The third kappa shape index (κ3) is 3.47. The first kappa shape index (κ1) is 12.5. The van der Waals surface area contributed by atoms with Gasteiger partial charge in [0.15, 0.2) is 8.32 Å². The third-order valence-electron chi connectivity index (χ3n) is 3.25. The van der Waals surface area contributed by atoms with Crippen molar-refractivity contribution in [3.05, 3.63) is 35.9 Å². The molecule has 0 atom stereocenters. The molecule has 0 aliphatic carbocycles. The predicted octanol–water partition coefficient (Wildman–Crippen LogP) is 4.21. The maximum Gasteiger partial charge on any atom is 0.192 e. The van der Waals surface area contributed by atoms with Crippen molar-refractivity contribution in [2.24, 2.45) is 0 Å². The Hall–Kier alpha value is -0.603. The highest BCUT2D eigenvalue weighted by atomic mass is 28.3. The van der Waals surface area contributed by atoms with E-state index in [0.29, 0.717) is 5.04 Å². The molecule has 1 rings (SSSR count). The van der Waals surface area contributed by atoms with Gasteiger partial charge in [-0.1, -0.05) is 51.1 Å². The molecule has 0 aromatic heterocycles. The lowest BCUT2D eigenvalue weighted by Crippen LogP contribution is -2.40. The molecule has 0 fully saturated rings. The Labute approximate surface area is 94.6 Å². The van der Waals surface area contributed by atoms with Crippen LogP contribution in [0.2, 0.25) is 18.1 Å². The molecule has 0 unspecified atom stereocenters. The first-order valence-electron chi connectivity index (χ1n) is 5.51. The minimum atomic E-state index is -1.59. The molecule has 0 saturated carbocycles. The fraction of sp³-hybridized carbons (Fsp3) is 0.538. The molecule has 1 nitrogen and oxygen atoms in total. The summed E-state index contributed by atoms with van der Waals surface area (Å²) in [5.74, 6) is 0. The fourth-order valence-electron chi connectivity index (χ4n) is 1.05. The summed E-state index contributed by atoms with van der Waals surface area (Å²) in [6.07, 6.45) is 0. The molecule has 84 valence electrons. The predicted molar refractivity (Wildman–Crippen MR) is 68.4 cm³/mol. The van der Waals surface area contributed by atoms with E-state index in [1.54, 1.807) is 0 Å². The quantitative estimate of drug-likeness (QED) is 0.678. The highest BCUT2D eigenvalue weighted by molar-refractivity contribution is 6.74. The molecule has 0 aliphatic heterocycles. The van der Waals surface area contributed by atoms with Crippen LogP contribution < -0.4 is 0 Å². The van der Waals surface area contributed by atoms with Crippen molar-refractivity contribution >= 4 is 8.32 Å². The van der Waals surface area contributed by atoms with E-state index in [1.165, 1.54) is 5.56 Å². The average Bonchev–Trinajstić information content (AvgIpc) is 2.15. The summed E-state index contributed by atoms with van der Waals surface area (Å²) in [5.41, 5.74) is 1.27. The lowest BCUT2D eigenvalue weighted by Gasteiger charge is -2.36. The Morgan fingerprint density at radius 2 is 1.60 bits per heavy atom. The van der Waals surface area contributed by atoms with Crippen molar-refractivity contribution in [3.63, 3.8) is 0 Å². The topological polar surface area (TPSA) is 9.23 Å². The Morgan fingerprint density at radius 1 is 1.07 bits per heavy atom. The van der Waals surface area contributed by atoms with Gasteiger partial charge in [-0.25, -0.2) is 0 Å². The molecule has 1 aromatic rings. The molecule has 15 heavy (non-hydrogen) atoms. The molecule has 0 amide bonds. The van der Waals surface area contributed by atoms with Gasteiger partial charge in [-0.05, 0) is 23.7 Å². The molecular weight excluding hydrogens is 187 g/mol. The smallest absolute Gasteiger partial charge is 0.192 e. The van der Waals surface area contributed by atoms with Crippen LogP contribution in [0.5, 0.6) is 0 Å². The summed E-state index contributed by atoms with van der Waals surface area (Å²) in [5, 5.41) is 0.293. The van der Waals surface area contributed by atoms with Crippen LogP contribution in [-0.4, -0.2) is 8.32 Å². The first-order valence-corrected chi connectivity index (χ1v) is 8.42. The molecule has 2 heteroatoms. The molecule has 0 bridgehead atoms. The SMILES string of the molecule is CC(C)(C)[Si](C)(C)[3O]Cc1ccccc1. The van der Waals surface area contributed by atoms with Gasteiger partial charge in [0.1, 0.15) is 0 Å². The lowest BCUT2D eigenvalue weighted by atomic mass is 2.85. The van der Waals surface area contributed by atoms with E-state index in [1.807, 2.05) is 6.07 Å². The maximum absolute atomic E-state index is 6.12. The van der Waals surface area contributed by atoms with Crippen LogP contribution in [0.15, 0.2) is 30.3 Å². The van der Waals surface area contributed by atoms with Crippen LogP contribution in [0.4, 0.5) is 0 Å². The van der Waals surface area contributed by atoms with Crippen molar-refractivity contribution in [3.8, 4) is 0 Å². The highest BCUT2D eigenvalue weighted by Crippen LogP contribution is 2.36. The van der Waals surface area contributed by atoms with Crippen LogP contribution in [0.25, 0.3) is 0 Å². The van der Waals surface area contributed by atoms with E-state index in [-0.39, 0.29) is 0 Å². The molecule has 0 spiro atoms. The number of benzene rings is 1. The second-order valence-electron chi connectivity index (χ2n) is 5.53. The molecule has 0 saturated heterocycles. The Bertz CT molecular complexity index is 298. The van der Waals surface area contributed by atoms with Crippen LogP contribution in [0, 0.1) is 0 Å². The summed E-state index contributed by atoms with van der Waals surface area (Å²) in [6.45, 7) is 12.1. The first-order chi connectivity index (χ1) is 6.83. The zero-order chi connectivity index (χ0) is 11.5. The summed E-state index contributed by atoms with van der Waals surface area (Å²) < 4.78 is 6.12. The van der Waals surface area contributed by atoms with E-state index in [0.717, 1.165) is 6.61 Å². The van der Waals surface area contributed by atoms with Crippen molar-refractivity contribution in [2.45, 2.75) is 45.5 Å². The van der Waals surface area contributed by atoms with Crippen molar-refractivity contribution < 1.29 is 4.43 Å². The van der Waals surface area contributed by atoms with Gasteiger partial charge in [-0.2, -0.15) is 0 Å². The summed E-state index contributed by atoms with van der Waals surface area (Å²) in [4.78, 5) is 0. The minimum Gasteiger partial charge on any atom is -0.413 e. The molecular formula is C13H22OSi. The molecule has 1 aromatic carbocycles. The van der Waals surface area contributed by atoms with Gasteiger partial charge < -0.3 is 4.43 Å². The zero-order valence-electron chi connectivity index (χ0n) is 10.5. The molecule has 0 heterocycles. The third-order valence-corrected chi connectivity index (χ3v) is 7.73. The van der Waals surface area contributed by atoms with Gasteiger partial charge in [-0.15, -0.1) is 0 Å². The van der Waals surface area contributed by atoms with Crippen LogP contribution in [-0.2, 0) is 11.0 Å². The van der Waals surface area contributed by atoms with E-state index in [4.69, 9.17) is 4.43 Å².